The molecule has 0 fully saturated rings. The molecule has 0 bridgehead atoms. The van der Waals surface area contributed by atoms with E-state index in [-0.39, 0.29) is 5.91 Å². The highest BCUT2D eigenvalue weighted by Gasteiger charge is 2.15. The first-order valence-electron chi connectivity index (χ1n) is 7.80. The molecule has 0 radical (unpaired) electrons. The number of nitrogens with two attached hydrogens (primary N) is 1. The third kappa shape index (κ3) is 3.17. The number of carbonyl (C=O) groups excluding carboxylic acids is 1. The lowest BCUT2D eigenvalue weighted by Gasteiger charge is -2.08. The summed E-state index contributed by atoms with van der Waals surface area (Å²) in [6.45, 7) is 1.34. The standard InChI is InChI=1S/C16H21N5O/c17-10-9-15(22)18-13-7-5-12(6-8-13)16-20-19-14-4-2-1-3-11-21(14)16/h5-8H,1-4,9-11,17H2,(H,18,22). The summed E-state index contributed by atoms with van der Waals surface area (Å²) in [7, 11) is 0. The van der Waals surface area contributed by atoms with E-state index in [0.717, 1.165) is 35.9 Å². The largest absolute Gasteiger partial charge is 0.330 e. The second-order valence-electron chi connectivity index (χ2n) is 5.57. The first kappa shape index (κ1) is 14.7. The molecule has 116 valence electrons. The lowest BCUT2D eigenvalue weighted by Crippen LogP contribution is -2.16. The van der Waals surface area contributed by atoms with Gasteiger partial charge in [0.25, 0.3) is 0 Å². The molecule has 3 rings (SSSR count). The van der Waals surface area contributed by atoms with Gasteiger partial charge in [0.05, 0.1) is 0 Å². The van der Waals surface area contributed by atoms with E-state index >= 15 is 0 Å². The van der Waals surface area contributed by atoms with Crippen LogP contribution in [0.5, 0.6) is 0 Å². The minimum absolute atomic E-state index is 0.0633. The Hall–Kier alpha value is -2.21. The molecule has 0 unspecified atom stereocenters. The molecule has 0 saturated carbocycles. The molecule has 2 aromatic rings. The molecular weight excluding hydrogens is 278 g/mol. The predicted octanol–water partition coefficient (Wildman–Crippen LogP) is 1.96. The summed E-state index contributed by atoms with van der Waals surface area (Å²) < 4.78 is 2.22. The van der Waals surface area contributed by atoms with Gasteiger partial charge in [0.2, 0.25) is 5.91 Å². The van der Waals surface area contributed by atoms with Gasteiger partial charge >= 0.3 is 0 Å². The molecule has 6 nitrogen and oxygen atoms in total. The molecule has 22 heavy (non-hydrogen) atoms. The smallest absolute Gasteiger partial charge is 0.225 e. The third-order valence-electron chi connectivity index (χ3n) is 3.91. The molecule has 1 amide bonds. The van der Waals surface area contributed by atoms with E-state index in [1.165, 1.54) is 19.3 Å². The van der Waals surface area contributed by atoms with Crippen LogP contribution in [0.25, 0.3) is 11.4 Å². The van der Waals surface area contributed by atoms with Gasteiger partial charge in [0.1, 0.15) is 5.82 Å². The van der Waals surface area contributed by atoms with Gasteiger partial charge in [-0.1, -0.05) is 6.42 Å². The van der Waals surface area contributed by atoms with Crippen LogP contribution in [-0.2, 0) is 17.8 Å². The summed E-state index contributed by atoms with van der Waals surface area (Å²) >= 11 is 0. The highest BCUT2D eigenvalue weighted by molar-refractivity contribution is 5.91. The zero-order chi connectivity index (χ0) is 15.4. The summed E-state index contributed by atoms with van der Waals surface area (Å²) in [6.07, 6.45) is 4.93. The van der Waals surface area contributed by atoms with Gasteiger partial charge in [-0.2, -0.15) is 0 Å². The van der Waals surface area contributed by atoms with Crippen molar-refractivity contribution in [3.05, 3.63) is 30.1 Å². The first-order chi connectivity index (χ1) is 10.8. The van der Waals surface area contributed by atoms with Crippen molar-refractivity contribution in [1.82, 2.24) is 14.8 Å². The highest BCUT2D eigenvalue weighted by Crippen LogP contribution is 2.23. The first-order valence-corrected chi connectivity index (χ1v) is 7.80. The maximum atomic E-state index is 11.5. The third-order valence-corrected chi connectivity index (χ3v) is 3.91. The minimum Gasteiger partial charge on any atom is -0.330 e. The fraction of sp³-hybridized carbons (Fsp3) is 0.438. The van der Waals surface area contributed by atoms with E-state index in [1.807, 2.05) is 24.3 Å². The fourth-order valence-corrected chi connectivity index (χ4v) is 2.76. The van der Waals surface area contributed by atoms with Crippen molar-refractivity contribution in [3.8, 4) is 11.4 Å². The van der Waals surface area contributed by atoms with Crippen molar-refractivity contribution in [1.29, 1.82) is 0 Å². The van der Waals surface area contributed by atoms with E-state index in [4.69, 9.17) is 5.73 Å². The number of aryl methyl sites for hydroxylation is 1. The topological polar surface area (TPSA) is 85.8 Å². The quantitative estimate of drug-likeness (QED) is 0.903. The van der Waals surface area contributed by atoms with Crippen molar-refractivity contribution >= 4 is 11.6 Å². The van der Waals surface area contributed by atoms with Crippen LogP contribution in [0.4, 0.5) is 5.69 Å². The second-order valence-corrected chi connectivity index (χ2v) is 5.57. The van der Waals surface area contributed by atoms with E-state index in [9.17, 15) is 4.79 Å². The number of anilines is 1. The van der Waals surface area contributed by atoms with E-state index in [2.05, 4.69) is 20.1 Å². The molecular formula is C16H21N5O. The zero-order valence-electron chi connectivity index (χ0n) is 12.6. The Labute approximate surface area is 129 Å². The highest BCUT2D eigenvalue weighted by atomic mass is 16.1. The van der Waals surface area contributed by atoms with Gasteiger partial charge in [0, 0.05) is 37.2 Å². The van der Waals surface area contributed by atoms with E-state index in [1.54, 1.807) is 0 Å². The molecule has 0 saturated heterocycles. The number of hydrogen-bond donors (Lipinski definition) is 2. The molecule has 1 aromatic heterocycles. The molecule has 0 spiro atoms. The number of benzene rings is 1. The SMILES string of the molecule is NCCC(=O)Nc1ccc(-c2nnc3n2CCCCC3)cc1. The number of nitrogens with zero attached hydrogens (tertiary/aromatic N) is 3. The number of amides is 1. The number of nitrogens with one attached hydrogen (secondary N) is 1. The average molecular weight is 299 g/mol. The Kier molecular flexibility index (Phi) is 4.48. The van der Waals surface area contributed by atoms with Gasteiger partial charge < -0.3 is 15.6 Å². The minimum atomic E-state index is -0.0633. The van der Waals surface area contributed by atoms with Crippen molar-refractivity contribution in [2.75, 3.05) is 11.9 Å². The lowest BCUT2D eigenvalue weighted by atomic mass is 10.2. The molecule has 1 aromatic carbocycles. The summed E-state index contributed by atoms with van der Waals surface area (Å²) in [6, 6.07) is 7.73. The van der Waals surface area contributed by atoms with Gasteiger partial charge in [-0.05, 0) is 37.1 Å². The van der Waals surface area contributed by atoms with E-state index in [0.29, 0.717) is 13.0 Å². The van der Waals surface area contributed by atoms with Crippen LogP contribution in [0, 0.1) is 0 Å². The van der Waals surface area contributed by atoms with Gasteiger partial charge in [0.15, 0.2) is 5.82 Å². The van der Waals surface area contributed by atoms with Crippen LogP contribution in [-0.4, -0.2) is 27.2 Å². The van der Waals surface area contributed by atoms with Crippen LogP contribution in [0.3, 0.4) is 0 Å². The number of aromatic nitrogens is 3. The summed E-state index contributed by atoms with van der Waals surface area (Å²) in [4.78, 5) is 11.5. The average Bonchev–Trinajstić information content (AvgIpc) is 2.77. The van der Waals surface area contributed by atoms with Crippen LogP contribution in [0.2, 0.25) is 0 Å². The molecule has 0 atom stereocenters. The Bertz CT molecular complexity index is 647. The molecule has 6 heteroatoms. The second kappa shape index (κ2) is 6.70. The lowest BCUT2D eigenvalue weighted by molar-refractivity contribution is -0.116. The van der Waals surface area contributed by atoms with Crippen molar-refractivity contribution < 1.29 is 4.79 Å². The van der Waals surface area contributed by atoms with Gasteiger partial charge in [-0.25, -0.2) is 0 Å². The number of hydrogen-bond acceptors (Lipinski definition) is 4. The van der Waals surface area contributed by atoms with Crippen LogP contribution < -0.4 is 11.1 Å². The van der Waals surface area contributed by atoms with Gasteiger partial charge in [-0.15, -0.1) is 10.2 Å². The predicted molar refractivity (Wildman–Crippen MR) is 85.3 cm³/mol. The maximum Gasteiger partial charge on any atom is 0.225 e. The molecule has 0 aliphatic carbocycles. The Morgan fingerprint density at radius 3 is 2.77 bits per heavy atom. The van der Waals surface area contributed by atoms with Crippen LogP contribution in [0.15, 0.2) is 24.3 Å². The van der Waals surface area contributed by atoms with Crippen molar-refractivity contribution in [2.24, 2.45) is 5.73 Å². The van der Waals surface area contributed by atoms with Crippen LogP contribution in [0.1, 0.15) is 31.5 Å². The van der Waals surface area contributed by atoms with E-state index < -0.39 is 0 Å². The number of fused-ring (bicyclic) bond motifs is 1. The summed E-state index contributed by atoms with van der Waals surface area (Å²) in [5, 5.41) is 11.5. The van der Waals surface area contributed by atoms with Gasteiger partial charge in [-0.3, -0.25) is 4.79 Å². The zero-order valence-corrected chi connectivity index (χ0v) is 12.6. The number of rotatable bonds is 4. The normalized spacial score (nSPS) is 14.2. The van der Waals surface area contributed by atoms with Crippen molar-refractivity contribution in [3.63, 3.8) is 0 Å². The Morgan fingerprint density at radius 2 is 2.00 bits per heavy atom. The van der Waals surface area contributed by atoms with Crippen LogP contribution >= 0.6 is 0 Å². The fourth-order valence-electron chi connectivity index (χ4n) is 2.76. The molecule has 1 aliphatic rings. The maximum absolute atomic E-state index is 11.5. The Balaban J connectivity index is 1.78. The summed E-state index contributed by atoms with van der Waals surface area (Å²) in [5.41, 5.74) is 7.17. The van der Waals surface area contributed by atoms with Crippen molar-refractivity contribution in [2.45, 2.75) is 38.6 Å². The summed E-state index contributed by atoms with van der Waals surface area (Å²) in [5.74, 6) is 1.93. The Morgan fingerprint density at radius 1 is 1.18 bits per heavy atom. The monoisotopic (exact) mass is 299 g/mol. The number of carbonyl (C=O) groups is 1. The molecule has 1 aliphatic heterocycles. The molecule has 2 heterocycles. The molecule has 3 N–H and O–H groups in total.